The third kappa shape index (κ3) is 6.89. The Kier molecular flexibility index (Phi) is 8.39. The van der Waals surface area contributed by atoms with Crippen molar-refractivity contribution < 1.29 is 26.3 Å². The average Bonchev–Trinajstić information content (AvgIpc) is 3.08. The van der Waals surface area contributed by atoms with E-state index in [1.807, 2.05) is 58.9 Å². The third-order valence-corrected chi connectivity index (χ3v) is 8.89. The minimum Gasteiger partial charge on any atom is -0.406 e. The molecule has 0 saturated carbocycles. The fraction of sp³-hybridized carbons (Fsp3) is 0.440. The van der Waals surface area contributed by atoms with Crippen molar-refractivity contribution in [1.29, 1.82) is 0 Å². The number of sulfonamides is 1. The molecule has 0 amide bonds. The summed E-state index contributed by atoms with van der Waals surface area (Å²) < 4.78 is 71.3. The molecule has 0 spiro atoms. The van der Waals surface area contributed by atoms with Crippen LogP contribution in [-0.4, -0.2) is 44.1 Å². The van der Waals surface area contributed by atoms with Gasteiger partial charge in [-0.05, 0) is 69.3 Å². The van der Waals surface area contributed by atoms with Crippen molar-refractivity contribution in [1.82, 2.24) is 4.90 Å². The largest absolute Gasteiger partial charge is 0.573 e. The number of ether oxygens (including phenoxy) is 1. The summed E-state index contributed by atoms with van der Waals surface area (Å²) in [7, 11) is -3.75. The molecule has 3 rings (SSSR count). The molecule has 0 N–H and O–H groups in total. The first-order chi connectivity index (χ1) is 16.3. The van der Waals surface area contributed by atoms with Crippen LogP contribution < -0.4 is 9.04 Å². The van der Waals surface area contributed by atoms with Gasteiger partial charge in [-0.2, -0.15) is 0 Å². The van der Waals surface area contributed by atoms with Crippen LogP contribution in [0.5, 0.6) is 5.75 Å². The molecular formula is C25H31F3N2O3S2. The number of thiophene rings is 1. The molecule has 35 heavy (non-hydrogen) atoms. The Balaban J connectivity index is 1.96. The molecular weight excluding hydrogens is 497 g/mol. The Morgan fingerprint density at radius 2 is 1.57 bits per heavy atom. The fourth-order valence-corrected chi connectivity index (χ4v) is 7.07. The van der Waals surface area contributed by atoms with Gasteiger partial charge in [0.1, 0.15) is 10.8 Å². The van der Waals surface area contributed by atoms with Crippen LogP contribution >= 0.6 is 11.3 Å². The Morgan fingerprint density at radius 1 is 0.971 bits per heavy atom. The summed E-state index contributed by atoms with van der Waals surface area (Å²) >= 11 is 1.40. The number of halogens is 3. The number of hydrogen-bond acceptors (Lipinski definition) is 5. The minimum atomic E-state index is -4.79. The van der Waals surface area contributed by atoms with E-state index in [1.165, 1.54) is 39.9 Å². The monoisotopic (exact) mass is 528 g/mol. The Labute approximate surface area is 209 Å². The van der Waals surface area contributed by atoms with Crippen molar-refractivity contribution in [2.75, 3.05) is 16.6 Å². The summed E-state index contributed by atoms with van der Waals surface area (Å²) in [6, 6.07) is 13.4. The van der Waals surface area contributed by atoms with Crippen molar-refractivity contribution in [3.63, 3.8) is 0 Å². The third-order valence-electron chi connectivity index (χ3n) is 5.80. The molecule has 0 unspecified atom stereocenters. The molecule has 3 aromatic rings. The quantitative estimate of drug-likeness (QED) is 0.299. The van der Waals surface area contributed by atoms with E-state index in [-0.39, 0.29) is 30.1 Å². The molecule has 0 aliphatic heterocycles. The van der Waals surface area contributed by atoms with Crippen molar-refractivity contribution in [2.45, 2.75) is 59.6 Å². The zero-order chi connectivity index (χ0) is 26.0. The summed E-state index contributed by atoms with van der Waals surface area (Å²) in [6.07, 6.45) is -4.79. The number of nitrogens with zero attached hydrogens (tertiary/aromatic N) is 2. The maximum absolute atomic E-state index is 13.7. The predicted octanol–water partition coefficient (Wildman–Crippen LogP) is 6.56. The van der Waals surface area contributed by atoms with Crippen LogP contribution in [0.25, 0.3) is 10.1 Å². The maximum Gasteiger partial charge on any atom is 0.573 e. The first-order valence-electron chi connectivity index (χ1n) is 11.4. The number of rotatable bonds is 10. The van der Waals surface area contributed by atoms with Gasteiger partial charge in [0.25, 0.3) is 0 Å². The van der Waals surface area contributed by atoms with Crippen molar-refractivity contribution in [3.8, 4) is 5.75 Å². The molecule has 192 valence electrons. The van der Waals surface area contributed by atoms with E-state index < -0.39 is 16.4 Å². The topological polar surface area (TPSA) is 49.9 Å². The van der Waals surface area contributed by atoms with Crippen LogP contribution in [0.1, 0.15) is 38.8 Å². The van der Waals surface area contributed by atoms with Gasteiger partial charge in [0.15, 0.2) is 0 Å². The van der Waals surface area contributed by atoms with Crippen molar-refractivity contribution in [3.05, 3.63) is 59.7 Å². The number of alkyl halides is 3. The molecule has 0 saturated heterocycles. The highest BCUT2D eigenvalue weighted by molar-refractivity contribution is 7.93. The fourth-order valence-electron chi connectivity index (χ4n) is 4.10. The highest BCUT2D eigenvalue weighted by atomic mass is 32.2. The molecule has 0 atom stereocenters. The predicted molar refractivity (Wildman–Crippen MR) is 137 cm³/mol. The Hall–Kier alpha value is -2.30. The zero-order valence-electron chi connectivity index (χ0n) is 20.5. The van der Waals surface area contributed by atoms with Crippen LogP contribution in [0.4, 0.5) is 18.2 Å². The Bertz CT molecular complexity index is 1230. The normalized spacial score (nSPS) is 12.8. The van der Waals surface area contributed by atoms with E-state index in [0.717, 1.165) is 15.6 Å². The van der Waals surface area contributed by atoms with E-state index in [9.17, 15) is 21.6 Å². The lowest BCUT2D eigenvalue weighted by molar-refractivity contribution is -0.274. The van der Waals surface area contributed by atoms with Crippen LogP contribution in [-0.2, 0) is 16.6 Å². The van der Waals surface area contributed by atoms with Crippen LogP contribution in [0.3, 0.4) is 0 Å². The van der Waals surface area contributed by atoms with Crippen LogP contribution in [0.15, 0.2) is 48.5 Å². The van der Waals surface area contributed by atoms with Gasteiger partial charge in [-0.3, -0.25) is 9.21 Å². The van der Waals surface area contributed by atoms with E-state index >= 15 is 0 Å². The van der Waals surface area contributed by atoms with E-state index in [2.05, 4.69) is 9.64 Å². The van der Waals surface area contributed by atoms with E-state index in [1.54, 1.807) is 0 Å². The van der Waals surface area contributed by atoms with Crippen molar-refractivity contribution in [2.24, 2.45) is 0 Å². The van der Waals surface area contributed by atoms with Gasteiger partial charge in [-0.1, -0.05) is 30.3 Å². The van der Waals surface area contributed by atoms with Gasteiger partial charge in [0, 0.05) is 23.3 Å². The molecule has 5 nitrogen and oxygen atoms in total. The summed E-state index contributed by atoms with van der Waals surface area (Å²) in [5.74, 6) is -0.426. The van der Waals surface area contributed by atoms with Crippen LogP contribution in [0.2, 0.25) is 0 Å². The van der Waals surface area contributed by atoms with Gasteiger partial charge in [0.05, 0.1) is 12.3 Å². The highest BCUT2D eigenvalue weighted by Crippen LogP contribution is 2.39. The molecule has 0 aliphatic carbocycles. The second-order valence-electron chi connectivity index (χ2n) is 8.97. The summed E-state index contributed by atoms with van der Waals surface area (Å²) in [6.45, 7) is 10.4. The first kappa shape index (κ1) is 27.3. The molecule has 10 heteroatoms. The average molecular weight is 529 g/mol. The van der Waals surface area contributed by atoms with Crippen LogP contribution in [0, 0.1) is 6.92 Å². The SMILES string of the molecule is Cc1c(N(Cc2ccc(OC(F)(F)F)cc2)S(=O)(=O)CCN(C(C)C)C(C)C)sc2ccccc12. The Morgan fingerprint density at radius 3 is 2.11 bits per heavy atom. The molecule has 0 radical (unpaired) electrons. The molecule has 0 fully saturated rings. The zero-order valence-corrected chi connectivity index (χ0v) is 22.1. The second-order valence-corrected chi connectivity index (χ2v) is 12.0. The number of hydrogen-bond donors (Lipinski definition) is 0. The molecule has 1 heterocycles. The molecule has 2 aromatic carbocycles. The number of aryl methyl sites for hydroxylation is 1. The maximum atomic E-state index is 13.7. The standard InChI is InChI=1S/C25H31F3N2O3S2/c1-17(2)29(18(3)4)14-15-35(31,32)30(24-19(5)22-8-6-7-9-23(22)34-24)16-20-10-12-21(13-11-20)33-25(26,27)28/h6-13,17-18H,14-16H2,1-5H3. The lowest BCUT2D eigenvalue weighted by Gasteiger charge is -2.32. The van der Waals surface area contributed by atoms with Gasteiger partial charge in [-0.25, -0.2) is 8.42 Å². The number of anilines is 1. The molecule has 0 bridgehead atoms. The van der Waals surface area contributed by atoms with E-state index in [4.69, 9.17) is 0 Å². The summed E-state index contributed by atoms with van der Waals surface area (Å²) in [5.41, 5.74) is 1.42. The van der Waals surface area contributed by atoms with E-state index in [0.29, 0.717) is 17.1 Å². The smallest absolute Gasteiger partial charge is 0.406 e. The summed E-state index contributed by atoms with van der Waals surface area (Å²) in [4.78, 5) is 2.12. The lowest BCUT2D eigenvalue weighted by Crippen LogP contribution is -2.43. The first-order valence-corrected chi connectivity index (χ1v) is 13.8. The van der Waals surface area contributed by atoms with Gasteiger partial charge < -0.3 is 4.74 Å². The minimum absolute atomic E-state index is 0.00561. The van der Waals surface area contributed by atoms with Gasteiger partial charge >= 0.3 is 6.36 Å². The highest BCUT2D eigenvalue weighted by Gasteiger charge is 2.31. The molecule has 1 aromatic heterocycles. The molecule has 0 aliphatic rings. The van der Waals surface area contributed by atoms with Crippen molar-refractivity contribution >= 4 is 36.4 Å². The van der Waals surface area contributed by atoms with Gasteiger partial charge in [0.2, 0.25) is 10.0 Å². The second kappa shape index (κ2) is 10.8. The van der Waals surface area contributed by atoms with Gasteiger partial charge in [-0.15, -0.1) is 24.5 Å². The number of benzene rings is 2. The lowest BCUT2D eigenvalue weighted by atomic mass is 10.2. The summed E-state index contributed by atoms with van der Waals surface area (Å²) in [5, 5.41) is 1.59. The number of fused-ring (bicyclic) bond motifs is 1.